The normalized spacial score (nSPS) is 10.7. The van der Waals surface area contributed by atoms with Crippen LogP contribution in [0.25, 0.3) is 5.69 Å². The molecule has 0 aliphatic carbocycles. The summed E-state index contributed by atoms with van der Waals surface area (Å²) in [6.45, 7) is 4.06. The lowest BCUT2D eigenvalue weighted by Gasteiger charge is -2.08. The van der Waals surface area contributed by atoms with Crippen molar-refractivity contribution in [2.45, 2.75) is 19.0 Å². The second kappa shape index (κ2) is 7.79. The monoisotopic (exact) mass is 417 g/mol. The summed E-state index contributed by atoms with van der Waals surface area (Å²) in [5.41, 5.74) is 3.97. The van der Waals surface area contributed by atoms with Crippen LogP contribution in [0.15, 0.2) is 52.1 Å². The van der Waals surface area contributed by atoms with Crippen LogP contribution in [0, 0.1) is 13.8 Å². The van der Waals surface area contributed by atoms with E-state index in [9.17, 15) is 4.79 Å². The first-order valence-electron chi connectivity index (χ1n) is 7.57. The van der Waals surface area contributed by atoms with E-state index >= 15 is 0 Å². The topological polar surface area (TPSA) is 72.7 Å². The van der Waals surface area contributed by atoms with Crippen LogP contribution in [0.1, 0.15) is 11.1 Å². The zero-order chi connectivity index (χ0) is 17.8. The Morgan fingerprint density at radius 2 is 1.92 bits per heavy atom. The molecule has 6 nitrogen and oxygen atoms in total. The molecule has 0 atom stereocenters. The van der Waals surface area contributed by atoms with Gasteiger partial charge < -0.3 is 5.32 Å². The molecule has 0 fully saturated rings. The molecule has 0 aliphatic rings. The fraction of sp³-hybridized carbons (Fsp3) is 0.176. The van der Waals surface area contributed by atoms with Gasteiger partial charge in [0.2, 0.25) is 11.1 Å². The maximum absolute atomic E-state index is 12.2. The van der Waals surface area contributed by atoms with Gasteiger partial charge in [0, 0.05) is 10.2 Å². The summed E-state index contributed by atoms with van der Waals surface area (Å²) < 4.78 is 2.59. The lowest BCUT2D eigenvalue weighted by Crippen LogP contribution is -2.14. The number of thioether (sulfide) groups is 1. The molecule has 8 heteroatoms. The highest BCUT2D eigenvalue weighted by atomic mass is 79.9. The van der Waals surface area contributed by atoms with Crippen LogP contribution in [0.4, 0.5) is 5.69 Å². The number of aromatic nitrogens is 4. The Kier molecular flexibility index (Phi) is 5.50. The summed E-state index contributed by atoms with van der Waals surface area (Å²) in [7, 11) is 0. The molecule has 0 saturated carbocycles. The summed E-state index contributed by atoms with van der Waals surface area (Å²) in [6, 6.07) is 13.5. The summed E-state index contributed by atoms with van der Waals surface area (Å²) >= 11 is 4.69. The van der Waals surface area contributed by atoms with Crippen molar-refractivity contribution >= 4 is 39.3 Å². The van der Waals surface area contributed by atoms with Gasteiger partial charge in [-0.05, 0) is 71.8 Å². The van der Waals surface area contributed by atoms with Gasteiger partial charge in [-0.1, -0.05) is 33.8 Å². The Morgan fingerprint density at radius 1 is 1.16 bits per heavy atom. The number of nitrogens with one attached hydrogen (secondary N) is 1. The maximum Gasteiger partial charge on any atom is 0.234 e. The maximum atomic E-state index is 12.2. The number of aryl methyl sites for hydroxylation is 2. The SMILES string of the molecule is Cc1ccc(NC(=O)CSc2nnnn2-c2ccc(Br)cc2)cc1C. The third-order valence-corrected chi connectivity index (χ3v) is 5.08. The van der Waals surface area contributed by atoms with Gasteiger partial charge in [-0.15, -0.1) is 5.10 Å². The van der Waals surface area contributed by atoms with Crippen molar-refractivity contribution in [3.8, 4) is 5.69 Å². The quantitative estimate of drug-likeness (QED) is 0.639. The Morgan fingerprint density at radius 3 is 2.64 bits per heavy atom. The van der Waals surface area contributed by atoms with Gasteiger partial charge in [-0.2, -0.15) is 4.68 Å². The number of halogens is 1. The summed E-state index contributed by atoms with van der Waals surface area (Å²) in [5, 5.41) is 15.1. The van der Waals surface area contributed by atoms with E-state index in [0.717, 1.165) is 21.4 Å². The third kappa shape index (κ3) is 4.46. The van der Waals surface area contributed by atoms with Crippen LogP contribution in [0.2, 0.25) is 0 Å². The number of amides is 1. The van der Waals surface area contributed by atoms with Gasteiger partial charge in [-0.3, -0.25) is 4.79 Å². The number of hydrogen-bond acceptors (Lipinski definition) is 5. The highest BCUT2D eigenvalue weighted by Gasteiger charge is 2.12. The van der Waals surface area contributed by atoms with Gasteiger partial charge in [0.15, 0.2) is 0 Å². The number of carbonyl (C=O) groups excluding carboxylic acids is 1. The van der Waals surface area contributed by atoms with Crippen molar-refractivity contribution in [2.75, 3.05) is 11.1 Å². The number of tetrazole rings is 1. The van der Waals surface area contributed by atoms with Crippen molar-refractivity contribution in [2.24, 2.45) is 0 Å². The van der Waals surface area contributed by atoms with E-state index in [1.54, 1.807) is 4.68 Å². The second-order valence-electron chi connectivity index (χ2n) is 5.49. The molecule has 0 radical (unpaired) electrons. The largest absolute Gasteiger partial charge is 0.325 e. The molecule has 1 N–H and O–H groups in total. The van der Waals surface area contributed by atoms with Crippen LogP contribution >= 0.6 is 27.7 Å². The van der Waals surface area contributed by atoms with Gasteiger partial charge in [0.25, 0.3) is 0 Å². The molecule has 2 aromatic carbocycles. The summed E-state index contributed by atoms with van der Waals surface area (Å²) in [4.78, 5) is 12.2. The molecule has 0 unspecified atom stereocenters. The molecule has 1 heterocycles. The van der Waals surface area contributed by atoms with Gasteiger partial charge in [0.1, 0.15) is 0 Å². The van der Waals surface area contributed by atoms with E-state index in [2.05, 4.69) is 36.8 Å². The Bertz CT molecular complexity index is 894. The molecule has 3 aromatic rings. The van der Waals surface area contributed by atoms with Crippen LogP contribution in [-0.2, 0) is 4.79 Å². The van der Waals surface area contributed by atoms with Gasteiger partial charge >= 0.3 is 0 Å². The second-order valence-corrected chi connectivity index (χ2v) is 7.34. The van der Waals surface area contributed by atoms with Gasteiger partial charge in [0.05, 0.1) is 11.4 Å². The average Bonchev–Trinajstić information content (AvgIpc) is 3.06. The molecule has 1 aromatic heterocycles. The number of hydrogen-bond donors (Lipinski definition) is 1. The first-order chi connectivity index (χ1) is 12.0. The lowest BCUT2D eigenvalue weighted by atomic mass is 10.1. The van der Waals surface area contributed by atoms with Crippen molar-refractivity contribution in [3.05, 3.63) is 58.1 Å². The minimum absolute atomic E-state index is 0.0985. The molecule has 0 saturated heterocycles. The fourth-order valence-electron chi connectivity index (χ4n) is 2.16. The number of rotatable bonds is 5. The predicted molar refractivity (Wildman–Crippen MR) is 102 cm³/mol. The zero-order valence-corrected chi connectivity index (χ0v) is 16.1. The fourth-order valence-corrected chi connectivity index (χ4v) is 3.11. The summed E-state index contributed by atoms with van der Waals surface area (Å²) in [6.07, 6.45) is 0. The minimum atomic E-state index is -0.0985. The average molecular weight is 418 g/mol. The Hall–Kier alpha value is -2.19. The van der Waals surface area contributed by atoms with E-state index in [-0.39, 0.29) is 11.7 Å². The molecular formula is C17H16BrN5OS. The lowest BCUT2D eigenvalue weighted by molar-refractivity contribution is -0.113. The molecule has 0 aliphatic heterocycles. The van der Waals surface area contributed by atoms with Crippen LogP contribution in [-0.4, -0.2) is 31.9 Å². The highest BCUT2D eigenvalue weighted by molar-refractivity contribution is 9.10. The smallest absolute Gasteiger partial charge is 0.234 e. The molecule has 25 heavy (non-hydrogen) atoms. The van der Waals surface area contributed by atoms with Crippen molar-refractivity contribution in [1.82, 2.24) is 20.2 Å². The number of nitrogens with zero attached hydrogens (tertiary/aromatic N) is 4. The number of benzene rings is 2. The Balaban J connectivity index is 1.64. The minimum Gasteiger partial charge on any atom is -0.325 e. The van der Waals surface area contributed by atoms with Gasteiger partial charge in [-0.25, -0.2) is 0 Å². The zero-order valence-electron chi connectivity index (χ0n) is 13.7. The predicted octanol–water partition coefficient (Wildman–Crippen LogP) is 3.77. The van der Waals surface area contributed by atoms with Crippen molar-refractivity contribution in [3.63, 3.8) is 0 Å². The van der Waals surface area contributed by atoms with E-state index in [0.29, 0.717) is 5.16 Å². The first-order valence-corrected chi connectivity index (χ1v) is 9.35. The third-order valence-electron chi connectivity index (χ3n) is 3.64. The van der Waals surface area contributed by atoms with E-state index in [4.69, 9.17) is 0 Å². The number of carbonyl (C=O) groups is 1. The van der Waals surface area contributed by atoms with Crippen molar-refractivity contribution in [1.29, 1.82) is 0 Å². The van der Waals surface area contributed by atoms with Crippen molar-refractivity contribution < 1.29 is 4.79 Å². The summed E-state index contributed by atoms with van der Waals surface area (Å²) in [5.74, 6) is 0.128. The molecular weight excluding hydrogens is 402 g/mol. The first kappa shape index (κ1) is 17.6. The van der Waals surface area contributed by atoms with Crippen LogP contribution in [0.3, 0.4) is 0 Å². The van der Waals surface area contributed by atoms with E-state index in [1.807, 2.05) is 56.3 Å². The molecule has 128 valence electrons. The highest BCUT2D eigenvalue weighted by Crippen LogP contribution is 2.20. The molecule has 0 bridgehead atoms. The number of anilines is 1. The van der Waals surface area contributed by atoms with Crippen LogP contribution in [0.5, 0.6) is 0 Å². The molecule has 3 rings (SSSR count). The Labute approximate surface area is 158 Å². The van der Waals surface area contributed by atoms with Crippen LogP contribution < -0.4 is 5.32 Å². The van der Waals surface area contributed by atoms with E-state index < -0.39 is 0 Å². The molecule has 0 spiro atoms. The molecule has 1 amide bonds. The standard InChI is InChI=1S/C17H16BrN5OS/c1-11-3-6-14(9-12(11)2)19-16(24)10-25-17-20-21-22-23(17)15-7-4-13(18)5-8-15/h3-9H,10H2,1-2H3,(H,19,24). The van der Waals surface area contributed by atoms with E-state index in [1.165, 1.54) is 17.3 Å².